The minimum absolute atomic E-state index is 0.0940. The van der Waals surface area contributed by atoms with Gasteiger partial charge in [0.25, 0.3) is 0 Å². The second-order valence-electron chi connectivity index (χ2n) is 8.53. The molecule has 174 valence electrons. The number of aryl methyl sites for hydroxylation is 1. The van der Waals surface area contributed by atoms with Crippen LogP contribution in [-0.4, -0.2) is 32.8 Å². The maximum absolute atomic E-state index is 12.7. The van der Waals surface area contributed by atoms with Gasteiger partial charge in [-0.2, -0.15) is 0 Å². The summed E-state index contributed by atoms with van der Waals surface area (Å²) in [4.78, 5) is 25.3. The Labute approximate surface area is 197 Å². The Kier molecular flexibility index (Phi) is 7.05. The summed E-state index contributed by atoms with van der Waals surface area (Å²) in [6.45, 7) is 3.71. The lowest BCUT2D eigenvalue weighted by molar-refractivity contribution is -0.121. The molecule has 0 bridgehead atoms. The van der Waals surface area contributed by atoms with Crippen molar-refractivity contribution in [1.29, 1.82) is 0 Å². The minimum atomic E-state index is -0.414. The molecule has 0 saturated carbocycles. The fraction of sp³-hybridized carbons (Fsp3) is 0.385. The lowest BCUT2D eigenvalue weighted by Gasteiger charge is -2.38. The number of amides is 1. The molecule has 0 aliphatic carbocycles. The Bertz CT molecular complexity index is 1200. The molecule has 0 radical (unpaired) electrons. The number of fused-ring (bicyclic) bond motifs is 1. The van der Waals surface area contributed by atoms with E-state index >= 15 is 0 Å². The van der Waals surface area contributed by atoms with Gasteiger partial charge >= 0.3 is 5.63 Å². The fourth-order valence-electron chi connectivity index (χ4n) is 4.52. The Morgan fingerprint density at radius 3 is 2.58 bits per heavy atom. The van der Waals surface area contributed by atoms with Gasteiger partial charge in [-0.3, -0.25) is 4.79 Å². The molecule has 3 aromatic rings. The van der Waals surface area contributed by atoms with Crippen LogP contribution in [0.4, 0.5) is 0 Å². The predicted octanol–water partition coefficient (Wildman–Crippen LogP) is 4.56. The van der Waals surface area contributed by atoms with Crippen LogP contribution in [0, 0.1) is 6.92 Å². The van der Waals surface area contributed by atoms with Gasteiger partial charge < -0.3 is 19.2 Å². The van der Waals surface area contributed by atoms with Crippen molar-refractivity contribution in [2.75, 3.05) is 26.9 Å². The van der Waals surface area contributed by atoms with Gasteiger partial charge in [0.2, 0.25) is 5.91 Å². The van der Waals surface area contributed by atoms with E-state index in [1.165, 1.54) is 0 Å². The van der Waals surface area contributed by atoms with Crippen LogP contribution >= 0.6 is 11.6 Å². The molecule has 1 fully saturated rings. The van der Waals surface area contributed by atoms with Gasteiger partial charge in [-0.15, -0.1) is 0 Å². The third-order valence-corrected chi connectivity index (χ3v) is 6.88. The van der Waals surface area contributed by atoms with E-state index in [1.54, 1.807) is 13.2 Å². The van der Waals surface area contributed by atoms with Gasteiger partial charge in [0, 0.05) is 53.6 Å². The Hall–Kier alpha value is -2.83. The molecule has 0 spiro atoms. The molecule has 1 aromatic heterocycles. The number of benzene rings is 2. The standard InChI is InChI=1S/C26H28ClNO5/c1-17-21-8-7-20(31-2)15-23(21)33-25(30)22(17)9-10-24(29)28-16-26(11-13-32-14-12-26)18-3-5-19(27)6-4-18/h3-8,15H,9-14,16H2,1-2H3,(H,28,29). The first-order valence-corrected chi connectivity index (χ1v) is 11.5. The van der Waals surface area contributed by atoms with Gasteiger partial charge in [-0.05, 0) is 61.6 Å². The first-order chi connectivity index (χ1) is 15.9. The zero-order valence-electron chi connectivity index (χ0n) is 18.9. The summed E-state index contributed by atoms with van der Waals surface area (Å²) < 4.78 is 16.3. The molecule has 33 heavy (non-hydrogen) atoms. The number of carbonyl (C=O) groups excluding carboxylic acids is 1. The van der Waals surface area contributed by atoms with Gasteiger partial charge in [-0.25, -0.2) is 4.79 Å². The second-order valence-corrected chi connectivity index (χ2v) is 8.97. The summed E-state index contributed by atoms with van der Waals surface area (Å²) in [5.74, 6) is 0.531. The Morgan fingerprint density at radius 2 is 1.88 bits per heavy atom. The maximum Gasteiger partial charge on any atom is 0.339 e. The average molecular weight is 470 g/mol. The zero-order valence-corrected chi connectivity index (χ0v) is 19.7. The van der Waals surface area contributed by atoms with Gasteiger partial charge in [-0.1, -0.05) is 23.7 Å². The first-order valence-electron chi connectivity index (χ1n) is 11.1. The summed E-state index contributed by atoms with van der Waals surface area (Å²) in [6.07, 6.45) is 2.18. The van der Waals surface area contributed by atoms with E-state index in [0.717, 1.165) is 29.4 Å². The van der Waals surface area contributed by atoms with Crippen LogP contribution in [0.1, 0.15) is 36.0 Å². The molecule has 1 amide bonds. The van der Waals surface area contributed by atoms with E-state index < -0.39 is 5.63 Å². The van der Waals surface area contributed by atoms with Crippen molar-refractivity contribution in [1.82, 2.24) is 5.32 Å². The predicted molar refractivity (Wildman–Crippen MR) is 128 cm³/mol. The van der Waals surface area contributed by atoms with Crippen LogP contribution in [-0.2, 0) is 21.4 Å². The Morgan fingerprint density at radius 1 is 1.15 bits per heavy atom. The number of hydrogen-bond acceptors (Lipinski definition) is 5. The van der Waals surface area contributed by atoms with Gasteiger partial charge in [0.15, 0.2) is 0 Å². The van der Waals surface area contributed by atoms with Crippen molar-refractivity contribution in [3.05, 3.63) is 74.6 Å². The van der Waals surface area contributed by atoms with Crippen LogP contribution in [0.25, 0.3) is 11.0 Å². The van der Waals surface area contributed by atoms with Gasteiger partial charge in [0.1, 0.15) is 11.3 Å². The van der Waals surface area contributed by atoms with Crippen LogP contribution in [0.3, 0.4) is 0 Å². The van der Waals surface area contributed by atoms with E-state index in [9.17, 15) is 9.59 Å². The largest absolute Gasteiger partial charge is 0.497 e. The molecule has 1 aliphatic rings. The lowest BCUT2D eigenvalue weighted by atomic mass is 9.74. The number of nitrogens with one attached hydrogen (secondary N) is 1. The number of methoxy groups -OCH3 is 1. The molecule has 1 saturated heterocycles. The van der Waals surface area contributed by atoms with Crippen molar-refractivity contribution >= 4 is 28.5 Å². The normalized spacial score (nSPS) is 15.4. The molecule has 7 heteroatoms. The number of rotatable bonds is 7. The van der Waals surface area contributed by atoms with E-state index in [-0.39, 0.29) is 17.7 Å². The fourth-order valence-corrected chi connectivity index (χ4v) is 4.64. The SMILES string of the molecule is COc1ccc2c(C)c(CCC(=O)NCC3(c4ccc(Cl)cc4)CCOCC3)c(=O)oc2c1. The molecular weight excluding hydrogens is 442 g/mol. The maximum atomic E-state index is 12.7. The molecule has 2 aromatic carbocycles. The number of hydrogen-bond donors (Lipinski definition) is 1. The molecule has 1 aliphatic heterocycles. The lowest BCUT2D eigenvalue weighted by Crippen LogP contribution is -2.44. The van der Waals surface area contributed by atoms with Crippen LogP contribution < -0.4 is 15.7 Å². The number of ether oxygens (including phenoxy) is 2. The van der Waals surface area contributed by atoms with Crippen LogP contribution in [0.5, 0.6) is 5.75 Å². The molecule has 0 unspecified atom stereocenters. The summed E-state index contributed by atoms with van der Waals surface area (Å²) in [7, 11) is 1.57. The monoisotopic (exact) mass is 469 g/mol. The highest BCUT2D eigenvalue weighted by molar-refractivity contribution is 6.30. The molecule has 6 nitrogen and oxygen atoms in total. The summed E-state index contributed by atoms with van der Waals surface area (Å²) >= 11 is 6.07. The van der Waals surface area contributed by atoms with Crippen LogP contribution in [0.15, 0.2) is 51.7 Å². The number of carbonyl (C=O) groups is 1. The second kappa shape index (κ2) is 9.98. The van der Waals surface area contributed by atoms with Crippen molar-refractivity contribution in [2.45, 2.75) is 38.0 Å². The zero-order chi connectivity index (χ0) is 23.4. The molecule has 4 rings (SSSR count). The van der Waals surface area contributed by atoms with Crippen molar-refractivity contribution < 1.29 is 18.7 Å². The molecule has 0 atom stereocenters. The average Bonchev–Trinajstić information content (AvgIpc) is 2.83. The quantitative estimate of drug-likeness (QED) is 0.513. The minimum Gasteiger partial charge on any atom is -0.497 e. The van der Waals surface area contributed by atoms with Crippen molar-refractivity contribution in [2.24, 2.45) is 0 Å². The first kappa shape index (κ1) is 23.3. The highest BCUT2D eigenvalue weighted by Gasteiger charge is 2.34. The summed E-state index contributed by atoms with van der Waals surface area (Å²) in [6, 6.07) is 13.2. The van der Waals surface area contributed by atoms with Gasteiger partial charge in [0.05, 0.1) is 7.11 Å². The van der Waals surface area contributed by atoms with Crippen molar-refractivity contribution in [3.63, 3.8) is 0 Å². The number of halogens is 1. The van der Waals surface area contributed by atoms with E-state index in [0.29, 0.717) is 48.1 Å². The molecule has 1 N–H and O–H groups in total. The topological polar surface area (TPSA) is 77.8 Å². The van der Waals surface area contributed by atoms with E-state index in [2.05, 4.69) is 5.32 Å². The summed E-state index contributed by atoms with van der Waals surface area (Å²) in [5.41, 5.74) is 2.39. The molecule has 2 heterocycles. The third kappa shape index (κ3) is 5.07. The smallest absolute Gasteiger partial charge is 0.339 e. The third-order valence-electron chi connectivity index (χ3n) is 6.63. The van der Waals surface area contributed by atoms with E-state index in [4.69, 9.17) is 25.5 Å². The van der Waals surface area contributed by atoms with Crippen molar-refractivity contribution in [3.8, 4) is 5.75 Å². The highest BCUT2D eigenvalue weighted by Crippen LogP contribution is 2.35. The molecular formula is C26H28ClNO5. The summed E-state index contributed by atoms with van der Waals surface area (Å²) in [5, 5.41) is 4.62. The van der Waals surface area contributed by atoms with E-state index in [1.807, 2.05) is 43.3 Å². The van der Waals surface area contributed by atoms with Crippen LogP contribution in [0.2, 0.25) is 5.02 Å². The Balaban J connectivity index is 1.45. The highest BCUT2D eigenvalue weighted by atomic mass is 35.5.